The molecule has 0 radical (unpaired) electrons. The molecule has 0 spiro atoms. The smallest absolute Gasteiger partial charge is 0.195 e. The Labute approximate surface area is 100.0 Å². The number of Topliss-reactive ketones (excluding diaryl/α,β-unsaturated/α-hetero) is 1. The van der Waals surface area contributed by atoms with E-state index < -0.39 is 6.10 Å². The molecule has 1 aromatic carbocycles. The Morgan fingerprint density at radius 2 is 2.06 bits per heavy atom. The Kier molecular flexibility index (Phi) is 4.33. The monoisotopic (exact) mass is 242 g/mol. The number of hydrogen-bond donors (Lipinski definition) is 1. The lowest BCUT2D eigenvalue weighted by Crippen LogP contribution is -2.26. The largest absolute Gasteiger partial charge is 0.496 e. The van der Waals surface area contributed by atoms with Gasteiger partial charge >= 0.3 is 0 Å². The topological polar surface area (TPSA) is 46.5 Å². The van der Waals surface area contributed by atoms with E-state index in [-0.39, 0.29) is 11.7 Å². The first-order chi connectivity index (χ1) is 7.47. The Morgan fingerprint density at radius 1 is 1.44 bits per heavy atom. The minimum atomic E-state index is -1.03. The summed E-state index contributed by atoms with van der Waals surface area (Å²) >= 11 is 5.81. The molecule has 4 heteroatoms. The van der Waals surface area contributed by atoms with Gasteiger partial charge in [0.05, 0.1) is 12.7 Å². The number of aliphatic hydroxyl groups is 1. The second-order valence-electron chi connectivity index (χ2n) is 3.90. The number of ether oxygens (including phenoxy) is 1. The zero-order valence-electron chi connectivity index (χ0n) is 9.53. The molecule has 1 aromatic rings. The van der Waals surface area contributed by atoms with Crippen molar-refractivity contribution in [1.29, 1.82) is 0 Å². The van der Waals surface area contributed by atoms with Crippen molar-refractivity contribution >= 4 is 17.4 Å². The Balaban J connectivity index is 3.11. The highest BCUT2D eigenvalue weighted by molar-refractivity contribution is 6.31. The molecule has 0 aliphatic rings. The number of aliphatic hydroxyl groups excluding tert-OH is 1. The first kappa shape index (κ1) is 13.0. The summed E-state index contributed by atoms with van der Waals surface area (Å²) in [5, 5.41) is 10.2. The molecule has 16 heavy (non-hydrogen) atoms. The van der Waals surface area contributed by atoms with Gasteiger partial charge < -0.3 is 9.84 Å². The van der Waals surface area contributed by atoms with Crippen molar-refractivity contribution in [2.75, 3.05) is 7.11 Å². The Morgan fingerprint density at radius 3 is 2.56 bits per heavy atom. The number of benzene rings is 1. The van der Waals surface area contributed by atoms with Crippen LogP contribution in [0.5, 0.6) is 5.75 Å². The van der Waals surface area contributed by atoms with E-state index >= 15 is 0 Å². The highest BCUT2D eigenvalue weighted by Gasteiger charge is 2.23. The van der Waals surface area contributed by atoms with E-state index in [0.717, 1.165) is 0 Å². The summed E-state index contributed by atoms with van der Waals surface area (Å²) in [5.41, 5.74) is 0.316. The lowest BCUT2D eigenvalue weighted by Gasteiger charge is -2.15. The maximum Gasteiger partial charge on any atom is 0.195 e. The summed E-state index contributed by atoms with van der Waals surface area (Å²) < 4.78 is 5.06. The highest BCUT2D eigenvalue weighted by atomic mass is 35.5. The number of ketones is 1. The van der Waals surface area contributed by atoms with Crippen LogP contribution < -0.4 is 4.74 Å². The van der Waals surface area contributed by atoms with Crippen LogP contribution in [0.15, 0.2) is 18.2 Å². The fourth-order valence-electron chi connectivity index (χ4n) is 1.33. The molecule has 1 N–H and O–H groups in total. The molecule has 1 unspecified atom stereocenters. The Hall–Kier alpha value is -1.06. The highest BCUT2D eigenvalue weighted by Crippen LogP contribution is 2.25. The Bertz CT molecular complexity index is 388. The summed E-state index contributed by atoms with van der Waals surface area (Å²) in [5.74, 6) is -0.0837. The molecule has 1 rings (SSSR count). The maximum absolute atomic E-state index is 11.9. The normalized spacial score (nSPS) is 12.6. The average molecular weight is 243 g/mol. The summed E-state index contributed by atoms with van der Waals surface area (Å²) in [6.45, 7) is 3.55. The second kappa shape index (κ2) is 5.32. The number of rotatable bonds is 4. The molecule has 0 aliphatic heterocycles. The zero-order valence-corrected chi connectivity index (χ0v) is 10.3. The number of carbonyl (C=O) groups is 1. The summed E-state index contributed by atoms with van der Waals surface area (Å²) in [6, 6.07) is 4.76. The van der Waals surface area contributed by atoms with E-state index in [4.69, 9.17) is 16.3 Å². The quantitative estimate of drug-likeness (QED) is 0.826. The number of halogens is 1. The van der Waals surface area contributed by atoms with Gasteiger partial charge in [-0.1, -0.05) is 25.4 Å². The van der Waals surface area contributed by atoms with Crippen LogP contribution in [0.2, 0.25) is 5.02 Å². The molecule has 0 heterocycles. The van der Waals surface area contributed by atoms with Crippen LogP contribution in [0.1, 0.15) is 24.2 Å². The van der Waals surface area contributed by atoms with Crippen molar-refractivity contribution in [3.05, 3.63) is 28.8 Å². The van der Waals surface area contributed by atoms with Gasteiger partial charge in [0.25, 0.3) is 0 Å². The molecule has 0 aromatic heterocycles. The van der Waals surface area contributed by atoms with Crippen LogP contribution in [0.4, 0.5) is 0 Å². The van der Waals surface area contributed by atoms with Crippen LogP contribution in [0.3, 0.4) is 0 Å². The maximum atomic E-state index is 11.9. The predicted molar refractivity (Wildman–Crippen MR) is 63.2 cm³/mol. The minimum absolute atomic E-state index is 0.142. The fraction of sp³-hybridized carbons (Fsp3) is 0.417. The van der Waals surface area contributed by atoms with Gasteiger partial charge in [0.2, 0.25) is 0 Å². The number of carbonyl (C=O) groups excluding carboxylic acids is 1. The predicted octanol–water partition coefficient (Wildman–Crippen LogP) is 2.55. The van der Waals surface area contributed by atoms with Crippen molar-refractivity contribution in [2.45, 2.75) is 20.0 Å². The van der Waals surface area contributed by atoms with Gasteiger partial charge in [0.15, 0.2) is 5.78 Å². The molecule has 88 valence electrons. The molecule has 0 aliphatic carbocycles. The van der Waals surface area contributed by atoms with Gasteiger partial charge in [0.1, 0.15) is 11.9 Å². The molecule has 3 nitrogen and oxygen atoms in total. The standard InChI is InChI=1S/C12H15ClO3/c1-7(2)11(14)12(15)9-6-8(13)4-5-10(9)16-3/h4-7,11,14H,1-3H3. The minimum Gasteiger partial charge on any atom is -0.496 e. The summed E-state index contributed by atoms with van der Waals surface area (Å²) in [7, 11) is 1.47. The zero-order chi connectivity index (χ0) is 12.3. The lowest BCUT2D eigenvalue weighted by atomic mass is 9.97. The van der Waals surface area contributed by atoms with Crippen LogP contribution >= 0.6 is 11.6 Å². The fourth-order valence-corrected chi connectivity index (χ4v) is 1.51. The molecule has 0 amide bonds. The molecule has 1 atom stereocenters. The molecule has 0 fully saturated rings. The van der Waals surface area contributed by atoms with Crippen molar-refractivity contribution < 1.29 is 14.6 Å². The first-order valence-corrected chi connectivity index (χ1v) is 5.41. The van der Waals surface area contributed by atoms with Crippen LogP contribution in [-0.2, 0) is 0 Å². The molecule has 0 saturated carbocycles. The summed E-state index contributed by atoms with van der Waals surface area (Å²) in [4.78, 5) is 11.9. The third-order valence-electron chi connectivity index (χ3n) is 2.33. The van der Waals surface area contributed by atoms with E-state index in [0.29, 0.717) is 16.3 Å². The van der Waals surface area contributed by atoms with Crippen molar-refractivity contribution in [1.82, 2.24) is 0 Å². The first-order valence-electron chi connectivity index (χ1n) is 5.03. The van der Waals surface area contributed by atoms with Crippen molar-refractivity contribution in [3.8, 4) is 5.75 Å². The summed E-state index contributed by atoms with van der Waals surface area (Å²) in [6.07, 6.45) is -1.03. The van der Waals surface area contributed by atoms with Gasteiger partial charge in [-0.2, -0.15) is 0 Å². The van der Waals surface area contributed by atoms with E-state index in [1.165, 1.54) is 13.2 Å². The van der Waals surface area contributed by atoms with Gasteiger partial charge in [-0.05, 0) is 24.1 Å². The van der Waals surface area contributed by atoms with E-state index in [1.54, 1.807) is 26.0 Å². The van der Waals surface area contributed by atoms with E-state index in [9.17, 15) is 9.90 Å². The van der Waals surface area contributed by atoms with Gasteiger partial charge in [-0.25, -0.2) is 0 Å². The lowest BCUT2D eigenvalue weighted by molar-refractivity contribution is 0.0645. The van der Waals surface area contributed by atoms with Crippen LogP contribution in [0.25, 0.3) is 0 Å². The molecular formula is C12H15ClO3. The second-order valence-corrected chi connectivity index (χ2v) is 4.33. The van der Waals surface area contributed by atoms with Gasteiger partial charge in [0, 0.05) is 5.02 Å². The molecule has 0 saturated heterocycles. The average Bonchev–Trinajstić information content (AvgIpc) is 2.26. The van der Waals surface area contributed by atoms with Gasteiger partial charge in [-0.3, -0.25) is 4.79 Å². The van der Waals surface area contributed by atoms with Gasteiger partial charge in [-0.15, -0.1) is 0 Å². The van der Waals surface area contributed by atoms with E-state index in [2.05, 4.69) is 0 Å². The third-order valence-corrected chi connectivity index (χ3v) is 2.56. The van der Waals surface area contributed by atoms with Crippen molar-refractivity contribution in [2.24, 2.45) is 5.92 Å². The molecule has 0 bridgehead atoms. The molecular weight excluding hydrogens is 228 g/mol. The van der Waals surface area contributed by atoms with Crippen LogP contribution in [-0.4, -0.2) is 24.1 Å². The SMILES string of the molecule is COc1ccc(Cl)cc1C(=O)C(O)C(C)C. The van der Waals surface area contributed by atoms with E-state index in [1.807, 2.05) is 0 Å². The van der Waals surface area contributed by atoms with Crippen molar-refractivity contribution in [3.63, 3.8) is 0 Å². The third kappa shape index (κ3) is 2.74. The van der Waals surface area contributed by atoms with Crippen LogP contribution in [0, 0.1) is 5.92 Å². The number of hydrogen-bond acceptors (Lipinski definition) is 3. The number of methoxy groups -OCH3 is 1.